The van der Waals surface area contributed by atoms with Gasteiger partial charge in [0.15, 0.2) is 0 Å². The van der Waals surface area contributed by atoms with Gasteiger partial charge in [0.05, 0.1) is 6.20 Å². The highest BCUT2D eigenvalue weighted by Crippen LogP contribution is 2.43. The Labute approximate surface area is 144 Å². The number of aryl methyl sites for hydroxylation is 1. The van der Waals surface area contributed by atoms with E-state index in [0.717, 1.165) is 37.8 Å². The number of carbonyl (C=O) groups excluding carboxylic acids is 1. The molecule has 1 aromatic rings. The minimum atomic E-state index is 0.171. The summed E-state index contributed by atoms with van der Waals surface area (Å²) in [5.74, 6) is 2.42. The number of rotatable bonds is 4. The van der Waals surface area contributed by atoms with Crippen molar-refractivity contribution >= 4 is 6.03 Å². The van der Waals surface area contributed by atoms with E-state index in [1.54, 1.807) is 0 Å². The summed E-state index contributed by atoms with van der Waals surface area (Å²) in [7, 11) is 1.96. The maximum atomic E-state index is 12.6. The fourth-order valence-corrected chi connectivity index (χ4v) is 4.71. The van der Waals surface area contributed by atoms with Crippen LogP contribution >= 0.6 is 0 Å². The standard InChI is InChI=1S/C19H30N4O/c1-22-12-15(11-20-22)9-14-7-8-23(13-14)19(24)21-18-4-2-3-17(10-18)16-5-6-16/h11-12,14,16-18H,2-10,13H2,1H3,(H,21,24). The van der Waals surface area contributed by atoms with Gasteiger partial charge in [-0.15, -0.1) is 0 Å². The molecular weight excluding hydrogens is 300 g/mol. The fraction of sp³-hybridized carbons (Fsp3) is 0.789. The van der Waals surface area contributed by atoms with Crippen molar-refractivity contribution in [2.45, 2.75) is 57.4 Å². The number of aromatic nitrogens is 2. The van der Waals surface area contributed by atoms with Crippen LogP contribution in [0.2, 0.25) is 0 Å². The van der Waals surface area contributed by atoms with E-state index in [4.69, 9.17) is 0 Å². The Hall–Kier alpha value is -1.52. The van der Waals surface area contributed by atoms with Gasteiger partial charge in [-0.3, -0.25) is 4.68 Å². The van der Waals surface area contributed by atoms with E-state index < -0.39 is 0 Å². The smallest absolute Gasteiger partial charge is 0.317 e. The third-order valence-electron chi connectivity index (χ3n) is 6.19. The third kappa shape index (κ3) is 3.76. The average Bonchev–Trinajstić information content (AvgIpc) is 3.19. The maximum Gasteiger partial charge on any atom is 0.317 e. The summed E-state index contributed by atoms with van der Waals surface area (Å²) in [6.45, 7) is 1.79. The molecule has 1 aliphatic heterocycles. The van der Waals surface area contributed by atoms with E-state index in [2.05, 4.69) is 16.6 Å². The summed E-state index contributed by atoms with van der Waals surface area (Å²) in [5, 5.41) is 7.57. The molecule has 2 amide bonds. The number of likely N-dealkylation sites (tertiary alicyclic amines) is 1. The van der Waals surface area contributed by atoms with Gasteiger partial charge >= 0.3 is 6.03 Å². The molecule has 2 aliphatic carbocycles. The second-order valence-electron chi connectivity index (χ2n) is 8.24. The molecule has 1 N–H and O–H groups in total. The van der Waals surface area contributed by atoms with Crippen LogP contribution in [0.15, 0.2) is 12.4 Å². The van der Waals surface area contributed by atoms with Crippen LogP contribution in [0.1, 0.15) is 50.5 Å². The Morgan fingerprint density at radius 1 is 1.25 bits per heavy atom. The highest BCUT2D eigenvalue weighted by atomic mass is 16.2. The van der Waals surface area contributed by atoms with Crippen molar-refractivity contribution < 1.29 is 4.79 Å². The minimum absolute atomic E-state index is 0.171. The molecule has 3 unspecified atom stereocenters. The van der Waals surface area contributed by atoms with E-state index in [1.165, 1.54) is 44.1 Å². The number of hydrogen-bond donors (Lipinski definition) is 1. The molecule has 0 bridgehead atoms. The predicted octanol–water partition coefficient (Wildman–Crippen LogP) is 2.96. The van der Waals surface area contributed by atoms with Crippen LogP contribution in [-0.2, 0) is 13.5 Å². The van der Waals surface area contributed by atoms with Crippen molar-refractivity contribution in [1.82, 2.24) is 20.0 Å². The van der Waals surface area contributed by atoms with Gasteiger partial charge < -0.3 is 10.2 Å². The molecule has 4 rings (SSSR count). The summed E-state index contributed by atoms with van der Waals surface area (Å²) in [4.78, 5) is 14.6. The van der Waals surface area contributed by atoms with Gasteiger partial charge in [0, 0.05) is 32.4 Å². The lowest BCUT2D eigenvalue weighted by Crippen LogP contribution is -2.45. The molecule has 2 heterocycles. The van der Waals surface area contributed by atoms with Gasteiger partial charge in [-0.25, -0.2) is 4.79 Å². The summed E-state index contributed by atoms with van der Waals surface area (Å²) in [6.07, 6.45) is 14.1. The van der Waals surface area contributed by atoms with E-state index in [-0.39, 0.29) is 6.03 Å². The SMILES string of the molecule is Cn1cc(CC2CCN(C(=O)NC3CCCC(C4CC4)C3)C2)cn1. The molecule has 1 saturated heterocycles. The van der Waals surface area contributed by atoms with Crippen molar-refractivity contribution in [1.29, 1.82) is 0 Å². The van der Waals surface area contributed by atoms with Crippen molar-refractivity contribution in [3.63, 3.8) is 0 Å². The van der Waals surface area contributed by atoms with Crippen LogP contribution in [-0.4, -0.2) is 39.8 Å². The molecule has 24 heavy (non-hydrogen) atoms. The zero-order valence-corrected chi connectivity index (χ0v) is 14.8. The molecule has 3 fully saturated rings. The zero-order chi connectivity index (χ0) is 16.5. The molecule has 5 nitrogen and oxygen atoms in total. The topological polar surface area (TPSA) is 50.2 Å². The largest absolute Gasteiger partial charge is 0.335 e. The number of hydrogen-bond acceptors (Lipinski definition) is 2. The quantitative estimate of drug-likeness (QED) is 0.923. The van der Waals surface area contributed by atoms with Crippen molar-refractivity contribution in [3.05, 3.63) is 18.0 Å². The summed E-state index contributed by atoms with van der Waals surface area (Å²) < 4.78 is 1.86. The summed E-state index contributed by atoms with van der Waals surface area (Å²) in [6, 6.07) is 0.583. The Morgan fingerprint density at radius 2 is 2.12 bits per heavy atom. The predicted molar refractivity (Wildman–Crippen MR) is 93.6 cm³/mol. The Morgan fingerprint density at radius 3 is 2.88 bits per heavy atom. The normalized spacial score (nSPS) is 30.5. The molecule has 0 spiro atoms. The van der Waals surface area contributed by atoms with E-state index >= 15 is 0 Å². The monoisotopic (exact) mass is 330 g/mol. The fourth-order valence-electron chi connectivity index (χ4n) is 4.71. The molecule has 0 aromatic carbocycles. The molecule has 132 valence electrons. The van der Waals surface area contributed by atoms with Gasteiger partial charge in [-0.05, 0) is 61.8 Å². The second-order valence-corrected chi connectivity index (χ2v) is 8.24. The summed E-state index contributed by atoms with van der Waals surface area (Å²) >= 11 is 0. The van der Waals surface area contributed by atoms with Gasteiger partial charge in [0.1, 0.15) is 0 Å². The van der Waals surface area contributed by atoms with Gasteiger partial charge in [0.2, 0.25) is 0 Å². The van der Waals surface area contributed by atoms with E-state index in [0.29, 0.717) is 12.0 Å². The molecule has 2 saturated carbocycles. The first-order valence-electron chi connectivity index (χ1n) is 9.70. The van der Waals surface area contributed by atoms with Crippen LogP contribution < -0.4 is 5.32 Å². The first-order chi connectivity index (χ1) is 11.7. The summed E-state index contributed by atoms with van der Waals surface area (Å²) in [5.41, 5.74) is 1.28. The van der Waals surface area contributed by atoms with Gasteiger partial charge in [-0.1, -0.05) is 12.8 Å². The Bertz CT molecular complexity index is 580. The molecule has 3 aliphatic rings. The average molecular weight is 330 g/mol. The number of carbonyl (C=O) groups is 1. The number of nitrogens with one attached hydrogen (secondary N) is 1. The van der Waals surface area contributed by atoms with E-state index in [9.17, 15) is 4.79 Å². The zero-order valence-electron chi connectivity index (χ0n) is 14.8. The van der Waals surface area contributed by atoms with Gasteiger partial charge in [-0.2, -0.15) is 5.10 Å². The molecule has 0 radical (unpaired) electrons. The van der Waals surface area contributed by atoms with Crippen LogP contribution in [0.3, 0.4) is 0 Å². The third-order valence-corrected chi connectivity index (χ3v) is 6.19. The highest BCUT2D eigenvalue weighted by molar-refractivity contribution is 5.74. The first-order valence-corrected chi connectivity index (χ1v) is 9.70. The molecule has 1 aromatic heterocycles. The van der Waals surface area contributed by atoms with Crippen LogP contribution in [0.25, 0.3) is 0 Å². The minimum Gasteiger partial charge on any atom is -0.335 e. The Kier molecular flexibility index (Phi) is 4.51. The second kappa shape index (κ2) is 6.77. The van der Waals surface area contributed by atoms with Crippen LogP contribution in [0, 0.1) is 17.8 Å². The van der Waals surface area contributed by atoms with Crippen molar-refractivity contribution in [3.8, 4) is 0 Å². The van der Waals surface area contributed by atoms with E-state index in [1.807, 2.05) is 22.8 Å². The lowest BCUT2D eigenvalue weighted by molar-refractivity contribution is 0.191. The lowest BCUT2D eigenvalue weighted by Gasteiger charge is -2.31. The van der Waals surface area contributed by atoms with Crippen LogP contribution in [0.5, 0.6) is 0 Å². The number of urea groups is 1. The Balaban J connectivity index is 1.24. The highest BCUT2D eigenvalue weighted by Gasteiger charge is 2.36. The molecule has 5 heteroatoms. The number of nitrogens with zero attached hydrogens (tertiary/aromatic N) is 3. The first kappa shape index (κ1) is 16.0. The van der Waals surface area contributed by atoms with Crippen molar-refractivity contribution in [2.75, 3.05) is 13.1 Å². The van der Waals surface area contributed by atoms with Gasteiger partial charge in [0.25, 0.3) is 0 Å². The van der Waals surface area contributed by atoms with Crippen molar-refractivity contribution in [2.24, 2.45) is 24.8 Å². The lowest BCUT2D eigenvalue weighted by atomic mass is 9.83. The molecule has 3 atom stereocenters. The molecular formula is C19H30N4O. The number of amides is 2. The maximum absolute atomic E-state index is 12.6. The van der Waals surface area contributed by atoms with Crippen LogP contribution in [0.4, 0.5) is 4.79 Å².